The van der Waals surface area contributed by atoms with Gasteiger partial charge >= 0.3 is 0 Å². The van der Waals surface area contributed by atoms with E-state index in [-0.39, 0.29) is 11.6 Å². The summed E-state index contributed by atoms with van der Waals surface area (Å²) in [7, 11) is 0. The maximum atomic E-state index is 9.82. The molecule has 0 radical (unpaired) electrons. The van der Waals surface area contributed by atoms with Crippen LogP contribution < -0.4 is 4.90 Å². The number of hydrogen-bond donors (Lipinski definition) is 0. The molecule has 3 aromatic rings. The van der Waals surface area contributed by atoms with Crippen molar-refractivity contribution >= 4 is 5.82 Å². The molecule has 0 bridgehead atoms. The molecule has 1 saturated heterocycles. The Kier molecular flexibility index (Phi) is 5.88. The Morgan fingerprint density at radius 3 is 2.12 bits per heavy atom. The zero-order chi connectivity index (χ0) is 22.8. The van der Waals surface area contributed by atoms with Crippen molar-refractivity contribution in [2.75, 3.05) is 31.1 Å². The molecule has 5 rings (SSSR count). The molecule has 168 valence electrons. The normalized spacial score (nSPS) is 18.1. The highest BCUT2D eigenvalue weighted by atomic mass is 16.5. The van der Waals surface area contributed by atoms with E-state index in [2.05, 4.69) is 90.4 Å². The van der Waals surface area contributed by atoms with Crippen LogP contribution in [0.3, 0.4) is 0 Å². The van der Waals surface area contributed by atoms with Gasteiger partial charge in [-0.25, -0.2) is 4.98 Å². The van der Waals surface area contributed by atoms with Crippen LogP contribution in [-0.4, -0.2) is 41.7 Å². The molecule has 2 aliphatic heterocycles. The lowest BCUT2D eigenvalue weighted by molar-refractivity contribution is -0.0412. The van der Waals surface area contributed by atoms with E-state index in [4.69, 9.17) is 9.72 Å². The molecule has 0 saturated carbocycles. The van der Waals surface area contributed by atoms with Crippen LogP contribution in [0.1, 0.15) is 47.8 Å². The van der Waals surface area contributed by atoms with Crippen LogP contribution in [0.5, 0.6) is 0 Å². The molecule has 33 heavy (non-hydrogen) atoms. The second-order valence-corrected chi connectivity index (χ2v) is 9.55. The fourth-order valence-electron chi connectivity index (χ4n) is 4.99. The number of rotatable bonds is 4. The van der Waals surface area contributed by atoms with Crippen LogP contribution >= 0.6 is 0 Å². The van der Waals surface area contributed by atoms with Crippen molar-refractivity contribution in [2.45, 2.75) is 38.5 Å². The quantitative estimate of drug-likeness (QED) is 0.590. The number of aromatic nitrogens is 1. The fraction of sp³-hybridized carbons (Fsp3) is 0.357. The summed E-state index contributed by atoms with van der Waals surface area (Å²) in [6.45, 7) is 8.23. The van der Waals surface area contributed by atoms with Crippen LogP contribution in [0, 0.1) is 11.3 Å². The monoisotopic (exact) mass is 438 g/mol. The van der Waals surface area contributed by atoms with Gasteiger partial charge in [0.2, 0.25) is 0 Å². The van der Waals surface area contributed by atoms with Gasteiger partial charge in [-0.15, -0.1) is 0 Å². The largest absolute Gasteiger partial charge is 0.370 e. The number of nitrogens with zero attached hydrogens (tertiary/aromatic N) is 4. The molecular weight excluding hydrogens is 408 g/mol. The average Bonchev–Trinajstić information content (AvgIpc) is 2.85. The third-order valence-corrected chi connectivity index (χ3v) is 6.71. The Morgan fingerprint density at radius 1 is 0.939 bits per heavy atom. The molecule has 0 atom stereocenters. The van der Waals surface area contributed by atoms with Gasteiger partial charge in [0.25, 0.3) is 0 Å². The second kappa shape index (κ2) is 8.97. The van der Waals surface area contributed by atoms with Crippen LogP contribution in [-0.2, 0) is 17.8 Å². The summed E-state index contributed by atoms with van der Waals surface area (Å²) in [6, 6.07) is 26.0. The summed E-state index contributed by atoms with van der Waals surface area (Å²) in [5.41, 5.74) is 5.15. The van der Waals surface area contributed by atoms with Crippen LogP contribution in [0.4, 0.5) is 5.82 Å². The van der Waals surface area contributed by atoms with Crippen molar-refractivity contribution < 1.29 is 4.74 Å². The molecule has 5 heteroatoms. The Bertz CT molecular complexity index is 1110. The molecule has 0 unspecified atom stereocenters. The Balaban J connectivity index is 1.39. The minimum Gasteiger partial charge on any atom is -0.370 e. The summed E-state index contributed by atoms with van der Waals surface area (Å²) in [5.74, 6) is 0.824. The maximum Gasteiger partial charge on any atom is 0.146 e. The van der Waals surface area contributed by atoms with Gasteiger partial charge in [0, 0.05) is 38.2 Å². The molecule has 0 spiro atoms. The first-order chi connectivity index (χ1) is 16.0. The third-order valence-electron chi connectivity index (χ3n) is 6.71. The predicted molar refractivity (Wildman–Crippen MR) is 130 cm³/mol. The summed E-state index contributed by atoms with van der Waals surface area (Å²) in [5, 5.41) is 9.82. The summed E-state index contributed by atoms with van der Waals surface area (Å²) in [4.78, 5) is 9.82. The smallest absolute Gasteiger partial charge is 0.146 e. The van der Waals surface area contributed by atoms with E-state index in [1.54, 1.807) is 0 Å². The van der Waals surface area contributed by atoms with Gasteiger partial charge in [-0.1, -0.05) is 60.7 Å². The first-order valence-corrected chi connectivity index (χ1v) is 11.7. The van der Waals surface area contributed by atoms with Crippen molar-refractivity contribution in [2.24, 2.45) is 0 Å². The van der Waals surface area contributed by atoms with E-state index in [1.165, 1.54) is 11.1 Å². The number of benzene rings is 2. The van der Waals surface area contributed by atoms with E-state index in [0.717, 1.165) is 49.7 Å². The van der Waals surface area contributed by atoms with Gasteiger partial charge in [0.05, 0.1) is 29.5 Å². The SMILES string of the molecule is CC1(C)Cc2nc(N3CCN(C(c4ccccc4)c4ccccc4)CC3)c(C#N)cc2CO1. The maximum absolute atomic E-state index is 9.82. The lowest BCUT2D eigenvalue weighted by Gasteiger charge is -2.41. The van der Waals surface area contributed by atoms with Crippen LogP contribution in [0.25, 0.3) is 0 Å². The highest BCUT2D eigenvalue weighted by Crippen LogP contribution is 2.33. The Labute approximate surface area is 196 Å². The minimum absolute atomic E-state index is 0.220. The fourth-order valence-corrected chi connectivity index (χ4v) is 4.99. The molecule has 0 amide bonds. The molecule has 5 nitrogen and oxygen atoms in total. The summed E-state index contributed by atoms with van der Waals surface area (Å²) in [6.07, 6.45) is 0.769. The van der Waals surface area contributed by atoms with Gasteiger partial charge in [-0.2, -0.15) is 5.26 Å². The summed E-state index contributed by atoms with van der Waals surface area (Å²) >= 11 is 0. The Morgan fingerprint density at radius 2 is 1.55 bits per heavy atom. The highest BCUT2D eigenvalue weighted by molar-refractivity contribution is 5.57. The van der Waals surface area contributed by atoms with Crippen molar-refractivity contribution in [1.82, 2.24) is 9.88 Å². The van der Waals surface area contributed by atoms with Crippen LogP contribution in [0.2, 0.25) is 0 Å². The van der Waals surface area contributed by atoms with Gasteiger partial charge in [0.1, 0.15) is 11.9 Å². The number of hydrogen-bond acceptors (Lipinski definition) is 5. The molecule has 2 aromatic carbocycles. The highest BCUT2D eigenvalue weighted by Gasteiger charge is 2.31. The minimum atomic E-state index is -0.220. The van der Waals surface area contributed by atoms with E-state index < -0.39 is 0 Å². The van der Waals surface area contributed by atoms with Crippen molar-refractivity contribution in [3.05, 3.63) is 94.7 Å². The Hall–Kier alpha value is -3.20. The molecule has 1 fully saturated rings. The lowest BCUT2D eigenvalue weighted by Crippen LogP contribution is -2.48. The molecule has 3 heterocycles. The molecule has 1 aromatic heterocycles. The zero-order valence-electron chi connectivity index (χ0n) is 19.4. The molecule has 2 aliphatic rings. The van der Waals surface area contributed by atoms with Gasteiger partial charge in [-0.3, -0.25) is 4.90 Å². The van der Waals surface area contributed by atoms with E-state index in [0.29, 0.717) is 12.2 Å². The third kappa shape index (κ3) is 4.50. The van der Waals surface area contributed by atoms with Gasteiger partial charge in [0.15, 0.2) is 0 Å². The van der Waals surface area contributed by atoms with Gasteiger partial charge < -0.3 is 9.64 Å². The van der Waals surface area contributed by atoms with E-state index in [1.807, 2.05) is 6.07 Å². The zero-order valence-corrected chi connectivity index (χ0v) is 19.4. The number of fused-ring (bicyclic) bond motifs is 1. The number of nitriles is 1. The summed E-state index contributed by atoms with van der Waals surface area (Å²) < 4.78 is 5.93. The van der Waals surface area contributed by atoms with Crippen molar-refractivity contribution in [3.8, 4) is 6.07 Å². The first kappa shape index (κ1) is 21.6. The van der Waals surface area contributed by atoms with Crippen LogP contribution in [0.15, 0.2) is 66.7 Å². The topological polar surface area (TPSA) is 52.4 Å². The molecule has 0 aliphatic carbocycles. The molecular formula is C28H30N4O. The standard InChI is InChI=1S/C28H30N4O/c1-28(2)18-25-24(20-33-28)17-23(19-29)27(30-25)32-15-13-31(14-16-32)26(21-9-5-3-6-10-21)22-11-7-4-8-12-22/h3-12,17,26H,13-16,18,20H2,1-2H3. The number of ether oxygens (including phenoxy) is 1. The molecule has 0 N–H and O–H groups in total. The van der Waals surface area contributed by atoms with Crippen molar-refractivity contribution in [1.29, 1.82) is 5.26 Å². The number of piperazine rings is 1. The van der Waals surface area contributed by atoms with E-state index in [9.17, 15) is 5.26 Å². The number of anilines is 1. The lowest BCUT2D eigenvalue weighted by atomic mass is 9.95. The predicted octanol–water partition coefficient (Wildman–Crippen LogP) is 4.72. The first-order valence-electron chi connectivity index (χ1n) is 11.7. The second-order valence-electron chi connectivity index (χ2n) is 9.55. The number of pyridine rings is 1. The van der Waals surface area contributed by atoms with Crippen molar-refractivity contribution in [3.63, 3.8) is 0 Å². The average molecular weight is 439 g/mol. The van der Waals surface area contributed by atoms with E-state index >= 15 is 0 Å². The van der Waals surface area contributed by atoms with Gasteiger partial charge in [-0.05, 0) is 31.0 Å².